The molecule has 2 aromatic heterocycles. The van der Waals surface area contributed by atoms with Crippen molar-refractivity contribution in [2.24, 2.45) is 0 Å². The first-order chi connectivity index (χ1) is 10.9. The Bertz CT molecular complexity index is 893. The molecular formula is C17H13F3N2O. The van der Waals surface area contributed by atoms with E-state index in [0.717, 1.165) is 23.3 Å². The van der Waals surface area contributed by atoms with Crippen LogP contribution in [-0.2, 0) is 6.18 Å². The van der Waals surface area contributed by atoms with E-state index in [4.69, 9.17) is 0 Å². The summed E-state index contributed by atoms with van der Waals surface area (Å²) in [5.41, 5.74) is 1.26. The molecule has 0 aliphatic heterocycles. The van der Waals surface area contributed by atoms with E-state index in [-0.39, 0.29) is 11.2 Å². The number of aromatic nitrogens is 2. The number of nitrogens with one attached hydrogen (secondary N) is 1. The maximum atomic E-state index is 12.9. The summed E-state index contributed by atoms with van der Waals surface area (Å²) in [6.07, 6.45) is -0.941. The van der Waals surface area contributed by atoms with Gasteiger partial charge < -0.3 is 4.98 Å². The van der Waals surface area contributed by atoms with Crippen LogP contribution in [0.15, 0.2) is 59.7 Å². The Morgan fingerprint density at radius 2 is 1.87 bits per heavy atom. The molecule has 118 valence electrons. The molecule has 23 heavy (non-hydrogen) atoms. The number of pyridine rings is 1. The van der Waals surface area contributed by atoms with Gasteiger partial charge in [0.2, 0.25) is 0 Å². The summed E-state index contributed by atoms with van der Waals surface area (Å²) in [5, 5.41) is 0. The average Bonchev–Trinajstić information content (AvgIpc) is 3.01. The number of H-pyrrole nitrogens is 1. The number of alkyl halides is 3. The second-order valence-corrected chi connectivity index (χ2v) is 5.15. The van der Waals surface area contributed by atoms with E-state index in [1.165, 1.54) is 22.8 Å². The molecule has 0 radical (unpaired) electrons. The number of rotatable bonds is 2. The third kappa shape index (κ3) is 2.79. The molecule has 0 saturated heterocycles. The summed E-state index contributed by atoms with van der Waals surface area (Å²) in [6.45, 7) is 1.71. The molecule has 0 aliphatic rings. The van der Waals surface area contributed by atoms with Gasteiger partial charge in [0.15, 0.2) is 0 Å². The Morgan fingerprint density at radius 3 is 2.52 bits per heavy atom. The minimum atomic E-state index is -4.45. The summed E-state index contributed by atoms with van der Waals surface area (Å²) in [5.74, 6) is 0. The Kier molecular flexibility index (Phi) is 3.60. The first-order valence-electron chi connectivity index (χ1n) is 6.91. The summed E-state index contributed by atoms with van der Waals surface area (Å²) < 4.78 is 40.0. The molecular weight excluding hydrogens is 305 g/mol. The Morgan fingerprint density at radius 1 is 1.09 bits per heavy atom. The van der Waals surface area contributed by atoms with E-state index in [0.29, 0.717) is 5.69 Å². The molecule has 1 aromatic carbocycles. The molecule has 3 nitrogen and oxygen atoms in total. The van der Waals surface area contributed by atoms with E-state index in [2.05, 4.69) is 4.98 Å². The van der Waals surface area contributed by atoms with Crippen LogP contribution in [0.1, 0.15) is 11.3 Å². The van der Waals surface area contributed by atoms with Gasteiger partial charge in [-0.05, 0) is 37.3 Å². The molecule has 3 rings (SSSR count). The Labute approximate surface area is 130 Å². The SMILES string of the molecule is Cc1c(-c2cc[nH]c2)ccc(=O)n1-c1cccc(C(F)(F)F)c1. The third-order valence-corrected chi connectivity index (χ3v) is 3.68. The van der Waals surface area contributed by atoms with Crippen molar-refractivity contribution in [1.29, 1.82) is 0 Å². The van der Waals surface area contributed by atoms with Gasteiger partial charge in [0, 0.05) is 41.0 Å². The molecule has 0 aliphatic carbocycles. The molecule has 3 aromatic rings. The highest BCUT2D eigenvalue weighted by Gasteiger charge is 2.30. The topological polar surface area (TPSA) is 37.8 Å². The summed E-state index contributed by atoms with van der Waals surface area (Å²) in [4.78, 5) is 15.1. The summed E-state index contributed by atoms with van der Waals surface area (Å²) in [6, 6.07) is 9.62. The van der Waals surface area contributed by atoms with Crippen molar-refractivity contribution in [2.45, 2.75) is 13.1 Å². The number of hydrogen-bond donors (Lipinski definition) is 1. The lowest BCUT2D eigenvalue weighted by atomic mass is 10.1. The largest absolute Gasteiger partial charge is 0.416 e. The van der Waals surface area contributed by atoms with Gasteiger partial charge >= 0.3 is 6.18 Å². The Hall–Kier alpha value is -2.76. The van der Waals surface area contributed by atoms with Gasteiger partial charge in [-0.15, -0.1) is 0 Å². The van der Waals surface area contributed by atoms with E-state index in [1.807, 2.05) is 6.07 Å². The van der Waals surface area contributed by atoms with Crippen LogP contribution in [0.5, 0.6) is 0 Å². The standard InChI is InChI=1S/C17H13F3N2O/c1-11-15(12-7-8-21-10-12)5-6-16(23)22(11)14-4-2-3-13(9-14)17(18,19)20/h2-10,21H,1H3. The van der Waals surface area contributed by atoms with Crippen LogP contribution in [0.2, 0.25) is 0 Å². The molecule has 2 heterocycles. The van der Waals surface area contributed by atoms with Crippen LogP contribution >= 0.6 is 0 Å². The van der Waals surface area contributed by atoms with E-state index in [9.17, 15) is 18.0 Å². The lowest BCUT2D eigenvalue weighted by molar-refractivity contribution is -0.137. The number of hydrogen-bond acceptors (Lipinski definition) is 1. The zero-order chi connectivity index (χ0) is 16.6. The van der Waals surface area contributed by atoms with Gasteiger partial charge in [0.25, 0.3) is 5.56 Å². The fraction of sp³-hybridized carbons (Fsp3) is 0.118. The predicted octanol–water partition coefficient (Wildman–Crippen LogP) is 4.16. The van der Waals surface area contributed by atoms with Gasteiger partial charge in [0.1, 0.15) is 0 Å². The fourth-order valence-corrected chi connectivity index (χ4v) is 2.57. The number of halogens is 3. The molecule has 0 amide bonds. The number of nitrogens with zero attached hydrogens (tertiary/aromatic N) is 1. The molecule has 6 heteroatoms. The van der Waals surface area contributed by atoms with E-state index >= 15 is 0 Å². The van der Waals surface area contributed by atoms with Crippen molar-refractivity contribution >= 4 is 0 Å². The summed E-state index contributed by atoms with van der Waals surface area (Å²) >= 11 is 0. The second-order valence-electron chi connectivity index (χ2n) is 5.15. The predicted molar refractivity (Wildman–Crippen MR) is 81.6 cm³/mol. The zero-order valence-corrected chi connectivity index (χ0v) is 12.2. The van der Waals surface area contributed by atoms with Crippen LogP contribution in [0, 0.1) is 6.92 Å². The molecule has 0 bridgehead atoms. The van der Waals surface area contributed by atoms with Crippen LogP contribution < -0.4 is 5.56 Å². The van der Waals surface area contributed by atoms with Crippen molar-refractivity contribution in [3.05, 3.63) is 76.5 Å². The normalized spacial score (nSPS) is 11.7. The molecule has 0 atom stereocenters. The molecule has 0 unspecified atom stereocenters. The lowest BCUT2D eigenvalue weighted by Gasteiger charge is -2.15. The minimum Gasteiger partial charge on any atom is -0.367 e. The highest BCUT2D eigenvalue weighted by atomic mass is 19.4. The maximum absolute atomic E-state index is 12.9. The van der Waals surface area contributed by atoms with Crippen molar-refractivity contribution in [3.63, 3.8) is 0 Å². The van der Waals surface area contributed by atoms with Gasteiger partial charge in [0.05, 0.1) is 5.56 Å². The van der Waals surface area contributed by atoms with Gasteiger partial charge in [-0.25, -0.2) is 0 Å². The third-order valence-electron chi connectivity index (χ3n) is 3.68. The van der Waals surface area contributed by atoms with Crippen LogP contribution in [0.25, 0.3) is 16.8 Å². The number of benzene rings is 1. The van der Waals surface area contributed by atoms with Crippen molar-refractivity contribution in [1.82, 2.24) is 9.55 Å². The number of aromatic amines is 1. The van der Waals surface area contributed by atoms with Crippen LogP contribution in [0.3, 0.4) is 0 Å². The first-order valence-corrected chi connectivity index (χ1v) is 6.91. The highest BCUT2D eigenvalue weighted by Crippen LogP contribution is 2.31. The molecule has 0 saturated carbocycles. The van der Waals surface area contributed by atoms with E-state index in [1.54, 1.807) is 25.4 Å². The first kappa shape index (κ1) is 15.1. The fourth-order valence-electron chi connectivity index (χ4n) is 2.57. The van der Waals surface area contributed by atoms with Crippen molar-refractivity contribution < 1.29 is 13.2 Å². The van der Waals surface area contributed by atoms with Gasteiger partial charge in [-0.2, -0.15) is 13.2 Å². The Balaban J connectivity index is 2.21. The minimum absolute atomic E-state index is 0.194. The van der Waals surface area contributed by atoms with Crippen molar-refractivity contribution in [2.75, 3.05) is 0 Å². The van der Waals surface area contributed by atoms with Crippen molar-refractivity contribution in [3.8, 4) is 16.8 Å². The summed E-state index contributed by atoms with van der Waals surface area (Å²) in [7, 11) is 0. The van der Waals surface area contributed by atoms with E-state index < -0.39 is 11.7 Å². The molecule has 0 fully saturated rings. The van der Waals surface area contributed by atoms with Gasteiger partial charge in [-0.1, -0.05) is 6.07 Å². The van der Waals surface area contributed by atoms with Crippen LogP contribution in [0.4, 0.5) is 13.2 Å². The van der Waals surface area contributed by atoms with Crippen LogP contribution in [-0.4, -0.2) is 9.55 Å². The quantitative estimate of drug-likeness (QED) is 0.757. The monoisotopic (exact) mass is 318 g/mol. The highest BCUT2D eigenvalue weighted by molar-refractivity contribution is 5.65. The zero-order valence-electron chi connectivity index (χ0n) is 12.2. The maximum Gasteiger partial charge on any atom is 0.416 e. The molecule has 1 N–H and O–H groups in total. The molecule has 0 spiro atoms. The average molecular weight is 318 g/mol. The van der Waals surface area contributed by atoms with Gasteiger partial charge in [-0.3, -0.25) is 9.36 Å². The lowest BCUT2D eigenvalue weighted by Crippen LogP contribution is -2.20. The second kappa shape index (κ2) is 5.46. The smallest absolute Gasteiger partial charge is 0.367 e.